The van der Waals surface area contributed by atoms with E-state index in [0.29, 0.717) is 19.8 Å². The van der Waals surface area contributed by atoms with E-state index in [1.165, 1.54) is 0 Å². The van der Waals surface area contributed by atoms with Crippen LogP contribution in [0.5, 0.6) is 0 Å². The molecule has 3 nitrogen and oxygen atoms in total. The minimum atomic E-state index is 0.0364. The zero-order valence-electron chi connectivity index (χ0n) is 9.62. The maximum Gasteiger partial charge on any atom is 0.225 e. The second-order valence-electron chi connectivity index (χ2n) is 4.23. The van der Waals surface area contributed by atoms with Gasteiger partial charge in [-0.1, -0.05) is 23.7 Å². The van der Waals surface area contributed by atoms with Crippen LogP contribution in [-0.4, -0.2) is 25.7 Å². The molecule has 0 radical (unpaired) electrons. The van der Waals surface area contributed by atoms with Crippen LogP contribution in [0.15, 0.2) is 24.3 Å². The highest BCUT2D eigenvalue weighted by molar-refractivity contribution is 6.30. The summed E-state index contributed by atoms with van der Waals surface area (Å²) in [5.41, 5.74) is 1.14. The molecule has 1 aromatic rings. The molecule has 92 valence electrons. The second kappa shape index (κ2) is 6.03. The second-order valence-corrected chi connectivity index (χ2v) is 4.67. The minimum Gasteiger partial charge on any atom is -0.381 e. The topological polar surface area (TPSA) is 38.3 Å². The molecule has 1 N–H and O–H groups in total. The first-order valence-corrected chi connectivity index (χ1v) is 6.23. The van der Waals surface area contributed by atoms with Crippen LogP contribution in [0, 0.1) is 5.92 Å². The quantitative estimate of drug-likeness (QED) is 0.892. The van der Waals surface area contributed by atoms with E-state index in [9.17, 15) is 4.79 Å². The lowest BCUT2D eigenvalue weighted by atomic mass is 10.1. The van der Waals surface area contributed by atoms with Gasteiger partial charge < -0.3 is 10.1 Å². The first-order chi connectivity index (χ1) is 8.25. The lowest BCUT2D eigenvalue weighted by molar-refractivity contribution is -0.124. The summed E-state index contributed by atoms with van der Waals surface area (Å²) < 4.78 is 5.18. The predicted octanol–water partition coefficient (Wildman–Crippen LogP) is 2.04. The lowest BCUT2D eigenvalue weighted by Crippen LogP contribution is -2.32. The summed E-state index contributed by atoms with van der Waals surface area (Å²) in [4.78, 5) is 11.7. The van der Waals surface area contributed by atoms with Crippen molar-refractivity contribution in [2.45, 2.75) is 12.8 Å². The molecule has 2 rings (SSSR count). The Balaban J connectivity index is 1.73. The van der Waals surface area contributed by atoms with Crippen molar-refractivity contribution in [2.75, 3.05) is 19.8 Å². The summed E-state index contributed by atoms with van der Waals surface area (Å²) >= 11 is 5.89. The highest BCUT2D eigenvalue weighted by Gasteiger charge is 2.22. The van der Waals surface area contributed by atoms with Gasteiger partial charge in [0.15, 0.2) is 0 Å². The van der Waals surface area contributed by atoms with E-state index in [1.54, 1.807) is 0 Å². The maximum absolute atomic E-state index is 11.7. The third kappa shape index (κ3) is 3.72. The van der Waals surface area contributed by atoms with E-state index in [-0.39, 0.29) is 11.8 Å². The molecule has 0 bridgehead atoms. The Morgan fingerprint density at radius 1 is 1.53 bits per heavy atom. The molecule has 0 aromatic heterocycles. The molecule has 4 heteroatoms. The van der Waals surface area contributed by atoms with Gasteiger partial charge in [-0.3, -0.25) is 4.79 Å². The van der Waals surface area contributed by atoms with Crippen molar-refractivity contribution >= 4 is 17.5 Å². The first kappa shape index (κ1) is 12.4. The normalized spacial score (nSPS) is 19.2. The molecule has 1 aliphatic rings. The number of amides is 1. The van der Waals surface area contributed by atoms with Gasteiger partial charge in [-0.15, -0.1) is 0 Å². The summed E-state index contributed by atoms with van der Waals surface area (Å²) in [5, 5.41) is 3.66. The Morgan fingerprint density at radius 3 is 3.12 bits per heavy atom. The number of rotatable bonds is 4. The number of hydrogen-bond donors (Lipinski definition) is 1. The SMILES string of the molecule is O=C(NCCc1cccc(Cl)c1)C1CCOC1. The van der Waals surface area contributed by atoms with Gasteiger partial charge >= 0.3 is 0 Å². The Kier molecular flexibility index (Phi) is 4.40. The maximum atomic E-state index is 11.7. The monoisotopic (exact) mass is 253 g/mol. The van der Waals surface area contributed by atoms with Crippen LogP contribution in [0.3, 0.4) is 0 Å². The Hall–Kier alpha value is -1.06. The molecule has 1 unspecified atom stereocenters. The molecule has 0 saturated carbocycles. The number of halogens is 1. The number of ether oxygens (including phenoxy) is 1. The van der Waals surface area contributed by atoms with Crippen molar-refractivity contribution in [2.24, 2.45) is 5.92 Å². The van der Waals surface area contributed by atoms with E-state index in [2.05, 4.69) is 5.32 Å². The molecule has 0 aliphatic carbocycles. The average molecular weight is 254 g/mol. The standard InChI is InChI=1S/C13H16ClNO2/c14-12-3-1-2-10(8-12)4-6-15-13(16)11-5-7-17-9-11/h1-3,8,11H,4-7,9H2,(H,15,16). The fraction of sp³-hybridized carbons (Fsp3) is 0.462. The third-order valence-corrected chi connectivity index (χ3v) is 3.14. The molecular formula is C13H16ClNO2. The summed E-state index contributed by atoms with van der Waals surface area (Å²) in [6.45, 7) is 1.91. The van der Waals surface area contributed by atoms with Gasteiger partial charge in [0.05, 0.1) is 12.5 Å². The van der Waals surface area contributed by atoms with Crippen LogP contribution in [0.25, 0.3) is 0 Å². The Morgan fingerprint density at radius 2 is 2.41 bits per heavy atom. The molecule has 0 spiro atoms. The largest absolute Gasteiger partial charge is 0.381 e. The summed E-state index contributed by atoms with van der Waals surface area (Å²) in [6.07, 6.45) is 1.64. The van der Waals surface area contributed by atoms with Crippen molar-refractivity contribution in [3.8, 4) is 0 Å². The molecule has 1 aromatic carbocycles. The third-order valence-electron chi connectivity index (χ3n) is 2.90. The van der Waals surface area contributed by atoms with Gasteiger partial charge in [0.25, 0.3) is 0 Å². The highest BCUT2D eigenvalue weighted by Crippen LogP contribution is 2.13. The smallest absolute Gasteiger partial charge is 0.225 e. The Labute approximate surface area is 106 Å². The zero-order valence-corrected chi connectivity index (χ0v) is 10.4. The molecule has 1 atom stereocenters. The fourth-order valence-corrected chi connectivity index (χ4v) is 2.12. The number of carbonyl (C=O) groups is 1. The number of benzene rings is 1. The molecule has 1 aliphatic heterocycles. The lowest BCUT2D eigenvalue weighted by Gasteiger charge is -2.09. The van der Waals surface area contributed by atoms with Gasteiger partial charge in [-0.05, 0) is 30.5 Å². The van der Waals surface area contributed by atoms with Crippen LogP contribution < -0.4 is 5.32 Å². The highest BCUT2D eigenvalue weighted by atomic mass is 35.5. The van der Waals surface area contributed by atoms with Gasteiger partial charge in [0, 0.05) is 18.2 Å². The predicted molar refractivity (Wildman–Crippen MR) is 67.1 cm³/mol. The van der Waals surface area contributed by atoms with Gasteiger partial charge in [0.2, 0.25) is 5.91 Å². The summed E-state index contributed by atoms with van der Waals surface area (Å²) in [5.74, 6) is 0.138. The van der Waals surface area contributed by atoms with E-state index in [4.69, 9.17) is 16.3 Å². The van der Waals surface area contributed by atoms with Crippen molar-refractivity contribution in [1.82, 2.24) is 5.32 Å². The van der Waals surface area contributed by atoms with Crippen molar-refractivity contribution in [3.63, 3.8) is 0 Å². The van der Waals surface area contributed by atoms with Crippen molar-refractivity contribution < 1.29 is 9.53 Å². The number of carbonyl (C=O) groups excluding carboxylic acids is 1. The van der Waals surface area contributed by atoms with E-state index in [1.807, 2.05) is 24.3 Å². The van der Waals surface area contributed by atoms with Crippen LogP contribution in [0.2, 0.25) is 5.02 Å². The van der Waals surface area contributed by atoms with Crippen LogP contribution >= 0.6 is 11.6 Å². The van der Waals surface area contributed by atoms with Gasteiger partial charge in [-0.2, -0.15) is 0 Å². The minimum absolute atomic E-state index is 0.0364. The summed E-state index contributed by atoms with van der Waals surface area (Å²) in [7, 11) is 0. The van der Waals surface area contributed by atoms with Crippen molar-refractivity contribution in [1.29, 1.82) is 0 Å². The average Bonchev–Trinajstić information content (AvgIpc) is 2.82. The van der Waals surface area contributed by atoms with Gasteiger partial charge in [0.1, 0.15) is 0 Å². The molecule has 1 amide bonds. The van der Waals surface area contributed by atoms with Crippen molar-refractivity contribution in [3.05, 3.63) is 34.9 Å². The van der Waals surface area contributed by atoms with Crippen LogP contribution in [0.1, 0.15) is 12.0 Å². The van der Waals surface area contributed by atoms with Gasteiger partial charge in [-0.25, -0.2) is 0 Å². The molecule has 1 fully saturated rings. The van der Waals surface area contributed by atoms with Crippen LogP contribution in [-0.2, 0) is 16.0 Å². The number of nitrogens with one attached hydrogen (secondary N) is 1. The molecule has 17 heavy (non-hydrogen) atoms. The van der Waals surface area contributed by atoms with E-state index >= 15 is 0 Å². The fourth-order valence-electron chi connectivity index (χ4n) is 1.91. The number of hydrogen-bond acceptors (Lipinski definition) is 2. The summed E-state index contributed by atoms with van der Waals surface area (Å²) in [6, 6.07) is 7.70. The molecule has 1 saturated heterocycles. The Bertz CT molecular complexity index is 389. The molecular weight excluding hydrogens is 238 g/mol. The zero-order chi connectivity index (χ0) is 12.1. The molecule has 1 heterocycles. The van der Waals surface area contributed by atoms with Crippen LogP contribution in [0.4, 0.5) is 0 Å². The first-order valence-electron chi connectivity index (χ1n) is 5.85. The van der Waals surface area contributed by atoms with E-state index in [0.717, 1.165) is 23.4 Å². The van der Waals surface area contributed by atoms with E-state index < -0.39 is 0 Å².